The lowest BCUT2D eigenvalue weighted by molar-refractivity contribution is -0.140. The molecule has 4 rings (SSSR count). The first-order chi connectivity index (χ1) is 17.9. The number of unbranched alkanes of at least 4 members (excludes halogenated alkanes) is 1. The van der Waals surface area contributed by atoms with Crippen molar-refractivity contribution in [1.82, 2.24) is 9.80 Å². The van der Waals surface area contributed by atoms with E-state index in [9.17, 15) is 14.7 Å². The number of carbonyl (C=O) groups is 2. The van der Waals surface area contributed by atoms with Crippen molar-refractivity contribution < 1.29 is 24.2 Å². The average Bonchev–Trinajstić information content (AvgIpc) is 3.15. The van der Waals surface area contributed by atoms with Crippen molar-refractivity contribution in [3.05, 3.63) is 70.3 Å². The van der Waals surface area contributed by atoms with Crippen LogP contribution in [0.15, 0.2) is 48.0 Å². The van der Waals surface area contributed by atoms with Gasteiger partial charge in [0.1, 0.15) is 11.5 Å². The van der Waals surface area contributed by atoms with Crippen LogP contribution in [-0.4, -0.2) is 72.6 Å². The average molecular weight is 507 g/mol. The van der Waals surface area contributed by atoms with Crippen LogP contribution in [-0.2, 0) is 14.3 Å². The van der Waals surface area contributed by atoms with E-state index in [0.29, 0.717) is 18.7 Å². The summed E-state index contributed by atoms with van der Waals surface area (Å²) in [6.07, 6.45) is 2.74. The van der Waals surface area contributed by atoms with Gasteiger partial charge in [-0.3, -0.25) is 14.5 Å². The number of aliphatic hydroxyl groups is 1. The van der Waals surface area contributed by atoms with Crippen molar-refractivity contribution in [2.45, 2.75) is 46.1 Å². The van der Waals surface area contributed by atoms with Gasteiger partial charge in [0.15, 0.2) is 0 Å². The number of likely N-dealkylation sites (tertiary alicyclic amines) is 1. The van der Waals surface area contributed by atoms with E-state index in [1.807, 2.05) is 50.2 Å². The molecule has 2 aromatic carbocycles. The highest BCUT2D eigenvalue weighted by molar-refractivity contribution is 6.46. The minimum Gasteiger partial charge on any atom is -0.507 e. The van der Waals surface area contributed by atoms with E-state index >= 15 is 0 Å². The van der Waals surface area contributed by atoms with Gasteiger partial charge in [-0.2, -0.15) is 0 Å². The van der Waals surface area contributed by atoms with Gasteiger partial charge in [0, 0.05) is 31.7 Å². The lowest BCUT2D eigenvalue weighted by atomic mass is 9.94. The van der Waals surface area contributed by atoms with Crippen LogP contribution in [0, 0.1) is 13.8 Å². The maximum absolute atomic E-state index is 13.3. The van der Waals surface area contributed by atoms with Crippen LogP contribution in [0.5, 0.6) is 5.75 Å². The fraction of sp³-hybridized carbons (Fsp3) is 0.467. The molecule has 0 bridgehead atoms. The van der Waals surface area contributed by atoms with Crippen molar-refractivity contribution in [2.24, 2.45) is 0 Å². The lowest BCUT2D eigenvalue weighted by Crippen LogP contribution is -2.38. The molecule has 1 atom stereocenters. The van der Waals surface area contributed by atoms with E-state index in [-0.39, 0.29) is 11.3 Å². The molecule has 2 saturated heterocycles. The molecule has 2 aliphatic heterocycles. The van der Waals surface area contributed by atoms with E-state index < -0.39 is 17.7 Å². The summed E-state index contributed by atoms with van der Waals surface area (Å²) in [7, 11) is 0. The molecule has 7 heteroatoms. The number of carbonyl (C=O) groups excluding carboxylic acids is 2. The predicted molar refractivity (Wildman–Crippen MR) is 144 cm³/mol. The van der Waals surface area contributed by atoms with Crippen LogP contribution in [0.25, 0.3) is 5.76 Å². The van der Waals surface area contributed by atoms with Crippen LogP contribution in [0.4, 0.5) is 0 Å². The van der Waals surface area contributed by atoms with Crippen LogP contribution >= 0.6 is 0 Å². The molecular formula is C30H38N2O5. The fourth-order valence-corrected chi connectivity index (χ4v) is 4.94. The van der Waals surface area contributed by atoms with E-state index in [2.05, 4.69) is 11.8 Å². The van der Waals surface area contributed by atoms with Gasteiger partial charge in [0.25, 0.3) is 11.7 Å². The van der Waals surface area contributed by atoms with Crippen molar-refractivity contribution in [1.29, 1.82) is 0 Å². The van der Waals surface area contributed by atoms with E-state index in [1.54, 1.807) is 11.0 Å². The van der Waals surface area contributed by atoms with Crippen LogP contribution < -0.4 is 4.74 Å². The smallest absolute Gasteiger partial charge is 0.295 e. The molecule has 2 aromatic rings. The minimum atomic E-state index is -0.643. The number of aryl methyl sites for hydroxylation is 2. The second-order valence-corrected chi connectivity index (χ2v) is 9.89. The summed E-state index contributed by atoms with van der Waals surface area (Å²) in [5.41, 5.74) is 3.41. The SMILES string of the molecule is CCCCOc1ccc(/C(O)=C2\C(=O)C(=O)N(CCCN3CCOCC3)[C@@H]2c2ccc(C)cc2)cc1C. The molecule has 7 nitrogen and oxygen atoms in total. The number of ether oxygens (including phenoxy) is 2. The standard InChI is InChI=1S/C30H38N2O5/c1-4-5-17-37-25-12-11-24(20-22(25)3)28(33)26-27(23-9-7-21(2)8-10-23)32(30(35)29(26)34)14-6-13-31-15-18-36-19-16-31/h7-12,20,27,33H,4-6,13-19H2,1-3H3/b28-26+/t27-/m1/s1. The molecule has 1 N–H and O–H groups in total. The Morgan fingerprint density at radius 1 is 1.03 bits per heavy atom. The molecule has 0 spiro atoms. The number of hydrogen-bond donors (Lipinski definition) is 1. The summed E-state index contributed by atoms with van der Waals surface area (Å²) in [6.45, 7) is 11.1. The second-order valence-electron chi connectivity index (χ2n) is 9.89. The number of Topliss-reactive ketones (excluding diaryl/α,β-unsaturated/α-hetero) is 1. The Hall–Kier alpha value is -3.16. The summed E-state index contributed by atoms with van der Waals surface area (Å²) in [5.74, 6) is -0.604. The molecule has 198 valence electrons. The largest absolute Gasteiger partial charge is 0.507 e. The molecule has 2 aliphatic rings. The van der Waals surface area contributed by atoms with Gasteiger partial charge < -0.3 is 19.5 Å². The van der Waals surface area contributed by atoms with Crippen LogP contribution in [0.2, 0.25) is 0 Å². The van der Waals surface area contributed by atoms with E-state index in [4.69, 9.17) is 9.47 Å². The monoisotopic (exact) mass is 506 g/mol. The third-order valence-electron chi connectivity index (χ3n) is 7.11. The maximum Gasteiger partial charge on any atom is 0.295 e. The number of benzene rings is 2. The van der Waals surface area contributed by atoms with Gasteiger partial charge in [0.2, 0.25) is 0 Å². The minimum absolute atomic E-state index is 0.138. The highest BCUT2D eigenvalue weighted by Gasteiger charge is 2.45. The van der Waals surface area contributed by atoms with Crippen molar-refractivity contribution in [3.63, 3.8) is 0 Å². The summed E-state index contributed by atoms with van der Waals surface area (Å²) in [5, 5.41) is 11.4. The molecule has 1 amide bonds. The first kappa shape index (κ1) is 26.9. The third kappa shape index (κ3) is 6.22. The number of nitrogens with zero attached hydrogens (tertiary/aromatic N) is 2. The van der Waals surface area contributed by atoms with Crippen molar-refractivity contribution in [3.8, 4) is 5.75 Å². The summed E-state index contributed by atoms with van der Waals surface area (Å²) in [6, 6.07) is 12.6. The second kappa shape index (κ2) is 12.4. The highest BCUT2D eigenvalue weighted by atomic mass is 16.5. The zero-order valence-electron chi connectivity index (χ0n) is 22.2. The topological polar surface area (TPSA) is 79.3 Å². The number of morpholine rings is 1. The number of aliphatic hydroxyl groups excluding tert-OH is 1. The maximum atomic E-state index is 13.3. The Morgan fingerprint density at radius 2 is 1.76 bits per heavy atom. The van der Waals surface area contributed by atoms with E-state index in [1.165, 1.54) is 0 Å². The highest BCUT2D eigenvalue weighted by Crippen LogP contribution is 2.40. The first-order valence-electron chi connectivity index (χ1n) is 13.3. The summed E-state index contributed by atoms with van der Waals surface area (Å²) in [4.78, 5) is 30.5. The Balaban J connectivity index is 1.64. The number of rotatable bonds is 10. The number of ketones is 1. The Bertz CT molecular complexity index is 1140. The molecule has 0 saturated carbocycles. The molecule has 0 radical (unpaired) electrons. The van der Waals surface area contributed by atoms with Gasteiger partial charge in [-0.25, -0.2) is 0 Å². The molecule has 2 fully saturated rings. The van der Waals surface area contributed by atoms with Gasteiger partial charge in [-0.05, 0) is 56.0 Å². The molecule has 0 aliphatic carbocycles. The Kier molecular flexibility index (Phi) is 9.00. The normalized spacial score (nSPS) is 20.0. The van der Waals surface area contributed by atoms with E-state index in [0.717, 1.165) is 74.6 Å². The Morgan fingerprint density at radius 3 is 2.43 bits per heavy atom. The zero-order valence-corrected chi connectivity index (χ0v) is 22.2. The molecule has 2 heterocycles. The first-order valence-corrected chi connectivity index (χ1v) is 13.3. The van der Waals surface area contributed by atoms with Crippen molar-refractivity contribution in [2.75, 3.05) is 46.0 Å². The zero-order chi connectivity index (χ0) is 26.4. The van der Waals surface area contributed by atoms with Crippen LogP contribution in [0.3, 0.4) is 0 Å². The predicted octanol–water partition coefficient (Wildman–Crippen LogP) is 4.63. The fourth-order valence-electron chi connectivity index (χ4n) is 4.94. The lowest BCUT2D eigenvalue weighted by Gasteiger charge is -2.29. The third-order valence-corrected chi connectivity index (χ3v) is 7.11. The Labute approximate surface area is 219 Å². The molecule has 0 aromatic heterocycles. The molecular weight excluding hydrogens is 468 g/mol. The quantitative estimate of drug-likeness (QED) is 0.219. The molecule has 37 heavy (non-hydrogen) atoms. The summed E-state index contributed by atoms with van der Waals surface area (Å²) < 4.78 is 11.3. The number of amides is 1. The van der Waals surface area contributed by atoms with Crippen molar-refractivity contribution >= 4 is 17.4 Å². The van der Waals surface area contributed by atoms with Gasteiger partial charge in [0.05, 0.1) is 31.4 Å². The van der Waals surface area contributed by atoms with Crippen LogP contribution in [0.1, 0.15) is 54.5 Å². The van der Waals surface area contributed by atoms with Gasteiger partial charge >= 0.3 is 0 Å². The summed E-state index contributed by atoms with van der Waals surface area (Å²) >= 11 is 0. The number of hydrogen-bond acceptors (Lipinski definition) is 6. The molecule has 0 unspecified atom stereocenters. The van der Waals surface area contributed by atoms with Gasteiger partial charge in [-0.15, -0.1) is 0 Å². The van der Waals surface area contributed by atoms with Gasteiger partial charge in [-0.1, -0.05) is 43.2 Å².